The number of nitrogen functional groups attached to an aromatic ring is 1. The first-order valence-electron chi connectivity index (χ1n) is 6.88. The predicted molar refractivity (Wildman–Crippen MR) is 77.4 cm³/mol. The summed E-state index contributed by atoms with van der Waals surface area (Å²) in [6.45, 7) is 1.90. The van der Waals surface area contributed by atoms with Gasteiger partial charge in [0.1, 0.15) is 5.76 Å². The number of carbonyl (C=O) groups is 1. The van der Waals surface area contributed by atoms with Gasteiger partial charge in [-0.2, -0.15) is 0 Å². The minimum atomic E-state index is -0.0628. The molecule has 1 aliphatic carbocycles. The number of carbonyl (C=O) groups excluding carboxylic acids is 1. The molecule has 0 spiro atoms. The van der Waals surface area contributed by atoms with Gasteiger partial charge in [0.15, 0.2) is 0 Å². The van der Waals surface area contributed by atoms with Crippen LogP contribution < -0.4 is 11.1 Å². The lowest BCUT2D eigenvalue weighted by Gasteiger charge is -2.22. The molecule has 20 heavy (non-hydrogen) atoms. The van der Waals surface area contributed by atoms with E-state index >= 15 is 0 Å². The lowest BCUT2D eigenvalue weighted by molar-refractivity contribution is 0.0932. The van der Waals surface area contributed by atoms with E-state index in [1.54, 1.807) is 18.4 Å². The Labute approximate surface area is 118 Å². The summed E-state index contributed by atoms with van der Waals surface area (Å²) in [4.78, 5) is 12.3. The maximum absolute atomic E-state index is 12.3. The molecule has 0 radical (unpaired) electrons. The lowest BCUT2D eigenvalue weighted by Crippen LogP contribution is -2.30. The first kappa shape index (κ1) is 12.8. The number of nitrogens with one attached hydrogen (secondary N) is 1. The molecular weight excluding hydrogens is 252 g/mol. The summed E-state index contributed by atoms with van der Waals surface area (Å²) >= 11 is 0. The summed E-state index contributed by atoms with van der Waals surface area (Å²) in [5, 5.41) is 3.08. The van der Waals surface area contributed by atoms with Crippen LogP contribution >= 0.6 is 0 Å². The molecule has 1 amide bonds. The van der Waals surface area contributed by atoms with Crippen LogP contribution in [-0.2, 0) is 6.42 Å². The van der Waals surface area contributed by atoms with Gasteiger partial charge in [-0.3, -0.25) is 4.79 Å². The molecule has 0 fully saturated rings. The van der Waals surface area contributed by atoms with Gasteiger partial charge in [-0.15, -0.1) is 0 Å². The molecule has 0 bridgehead atoms. The maximum atomic E-state index is 12.3. The van der Waals surface area contributed by atoms with E-state index in [-0.39, 0.29) is 11.9 Å². The Morgan fingerprint density at radius 3 is 3.05 bits per heavy atom. The molecule has 0 saturated carbocycles. The van der Waals surface area contributed by atoms with Crippen molar-refractivity contribution in [3.05, 3.63) is 53.0 Å². The molecule has 1 unspecified atom stereocenters. The van der Waals surface area contributed by atoms with Crippen molar-refractivity contribution in [3.8, 4) is 0 Å². The van der Waals surface area contributed by atoms with Gasteiger partial charge in [-0.05, 0) is 49.6 Å². The number of rotatable bonds is 2. The standard InChI is InChI=1S/C16H18N2O2/c1-10-9-11(5-6-13(10)17)16(19)18-14-3-2-4-15-12(14)7-8-20-15/h5-9,14H,2-4,17H2,1H3,(H,18,19). The van der Waals surface area contributed by atoms with E-state index < -0.39 is 0 Å². The molecule has 3 rings (SSSR count). The first-order valence-corrected chi connectivity index (χ1v) is 6.88. The highest BCUT2D eigenvalue weighted by molar-refractivity contribution is 5.95. The van der Waals surface area contributed by atoms with Crippen molar-refractivity contribution >= 4 is 11.6 Å². The first-order chi connectivity index (χ1) is 9.65. The highest BCUT2D eigenvalue weighted by Gasteiger charge is 2.24. The molecule has 1 aromatic carbocycles. The number of hydrogen-bond donors (Lipinski definition) is 2. The molecule has 3 N–H and O–H groups in total. The zero-order chi connectivity index (χ0) is 14.1. The second-order valence-electron chi connectivity index (χ2n) is 5.29. The smallest absolute Gasteiger partial charge is 0.251 e. The van der Waals surface area contributed by atoms with Crippen LogP contribution in [0.25, 0.3) is 0 Å². The minimum absolute atomic E-state index is 0.0443. The normalized spacial score (nSPS) is 17.6. The van der Waals surface area contributed by atoms with E-state index in [2.05, 4.69) is 5.32 Å². The van der Waals surface area contributed by atoms with Crippen LogP contribution in [0.4, 0.5) is 5.69 Å². The van der Waals surface area contributed by atoms with Crippen molar-refractivity contribution in [3.63, 3.8) is 0 Å². The molecular formula is C16H18N2O2. The highest BCUT2D eigenvalue weighted by Crippen LogP contribution is 2.30. The molecule has 4 nitrogen and oxygen atoms in total. The molecule has 1 heterocycles. The zero-order valence-corrected chi connectivity index (χ0v) is 11.5. The molecule has 2 aromatic rings. The van der Waals surface area contributed by atoms with Gasteiger partial charge in [0.05, 0.1) is 12.3 Å². The summed E-state index contributed by atoms with van der Waals surface area (Å²) in [5.41, 5.74) is 9.16. The topological polar surface area (TPSA) is 68.3 Å². The van der Waals surface area contributed by atoms with Gasteiger partial charge in [0, 0.05) is 23.2 Å². The van der Waals surface area contributed by atoms with Crippen molar-refractivity contribution in [2.75, 3.05) is 5.73 Å². The number of fused-ring (bicyclic) bond motifs is 1. The summed E-state index contributed by atoms with van der Waals surface area (Å²) in [7, 11) is 0. The van der Waals surface area contributed by atoms with E-state index in [4.69, 9.17) is 10.2 Å². The van der Waals surface area contributed by atoms with E-state index in [1.807, 2.05) is 19.1 Å². The third-order valence-corrected chi connectivity index (χ3v) is 3.89. The Balaban J connectivity index is 1.79. The average molecular weight is 270 g/mol. The van der Waals surface area contributed by atoms with E-state index in [0.717, 1.165) is 36.1 Å². The SMILES string of the molecule is Cc1cc(C(=O)NC2CCCc3occc32)ccc1N. The van der Waals surface area contributed by atoms with Crippen LogP contribution in [0.2, 0.25) is 0 Å². The number of nitrogens with two attached hydrogens (primary N) is 1. The summed E-state index contributed by atoms with van der Waals surface area (Å²) in [6, 6.07) is 7.35. The van der Waals surface area contributed by atoms with Crippen molar-refractivity contribution in [1.82, 2.24) is 5.32 Å². The second kappa shape index (κ2) is 5.04. The highest BCUT2D eigenvalue weighted by atomic mass is 16.3. The zero-order valence-electron chi connectivity index (χ0n) is 11.5. The van der Waals surface area contributed by atoms with Gasteiger partial charge in [0.2, 0.25) is 0 Å². The molecule has 104 valence electrons. The molecule has 0 saturated heterocycles. The number of furan rings is 1. The largest absolute Gasteiger partial charge is 0.469 e. The van der Waals surface area contributed by atoms with Crippen molar-refractivity contribution < 1.29 is 9.21 Å². The second-order valence-corrected chi connectivity index (χ2v) is 5.29. The fourth-order valence-electron chi connectivity index (χ4n) is 2.69. The van der Waals surface area contributed by atoms with Crippen molar-refractivity contribution in [1.29, 1.82) is 0 Å². The third-order valence-electron chi connectivity index (χ3n) is 3.89. The van der Waals surface area contributed by atoms with Crippen LogP contribution in [0.3, 0.4) is 0 Å². The van der Waals surface area contributed by atoms with Crippen LogP contribution in [-0.4, -0.2) is 5.91 Å². The number of hydrogen-bond acceptors (Lipinski definition) is 3. The fraction of sp³-hybridized carbons (Fsp3) is 0.312. The quantitative estimate of drug-likeness (QED) is 0.824. The van der Waals surface area contributed by atoms with Crippen LogP contribution in [0, 0.1) is 6.92 Å². The number of aryl methyl sites for hydroxylation is 2. The Morgan fingerprint density at radius 1 is 1.40 bits per heavy atom. The van der Waals surface area contributed by atoms with Crippen LogP contribution in [0.5, 0.6) is 0 Å². The van der Waals surface area contributed by atoms with Crippen molar-refractivity contribution in [2.24, 2.45) is 0 Å². The van der Waals surface area contributed by atoms with Gasteiger partial charge in [0.25, 0.3) is 5.91 Å². The summed E-state index contributed by atoms with van der Waals surface area (Å²) in [6.07, 6.45) is 4.64. The number of anilines is 1. The molecule has 1 aromatic heterocycles. The van der Waals surface area contributed by atoms with E-state index in [1.165, 1.54) is 0 Å². The summed E-state index contributed by atoms with van der Waals surface area (Å²) in [5.74, 6) is 0.933. The fourth-order valence-corrected chi connectivity index (χ4v) is 2.69. The van der Waals surface area contributed by atoms with E-state index in [9.17, 15) is 4.79 Å². The third kappa shape index (κ3) is 2.29. The van der Waals surface area contributed by atoms with Gasteiger partial charge in [-0.25, -0.2) is 0 Å². The Hall–Kier alpha value is -2.23. The molecule has 0 aliphatic heterocycles. The monoisotopic (exact) mass is 270 g/mol. The van der Waals surface area contributed by atoms with E-state index in [0.29, 0.717) is 11.3 Å². The Morgan fingerprint density at radius 2 is 2.25 bits per heavy atom. The predicted octanol–water partition coefficient (Wildman–Crippen LogP) is 2.98. The molecule has 1 aliphatic rings. The Bertz CT molecular complexity index is 646. The van der Waals surface area contributed by atoms with Gasteiger partial charge >= 0.3 is 0 Å². The lowest BCUT2D eigenvalue weighted by atomic mass is 9.93. The van der Waals surface area contributed by atoms with Crippen LogP contribution in [0.1, 0.15) is 46.1 Å². The summed E-state index contributed by atoms with van der Waals surface area (Å²) < 4.78 is 5.44. The Kier molecular flexibility index (Phi) is 3.22. The van der Waals surface area contributed by atoms with Crippen molar-refractivity contribution in [2.45, 2.75) is 32.2 Å². The number of benzene rings is 1. The maximum Gasteiger partial charge on any atom is 0.251 e. The average Bonchev–Trinajstić information content (AvgIpc) is 2.91. The van der Waals surface area contributed by atoms with Crippen LogP contribution in [0.15, 0.2) is 34.9 Å². The minimum Gasteiger partial charge on any atom is -0.469 e. The molecule has 4 heteroatoms. The van der Waals surface area contributed by atoms with Gasteiger partial charge < -0.3 is 15.5 Å². The number of amides is 1. The van der Waals surface area contributed by atoms with Gasteiger partial charge in [-0.1, -0.05) is 0 Å². The molecule has 1 atom stereocenters.